The van der Waals surface area contributed by atoms with E-state index in [0.29, 0.717) is 21.3 Å². The number of amides is 1. The molecule has 13 heteroatoms. The summed E-state index contributed by atoms with van der Waals surface area (Å²) in [4.78, 5) is 25.0. The number of nitrogens with zero attached hydrogens (tertiary/aromatic N) is 7. The number of nitrogens with one attached hydrogen (secondary N) is 1. The molecule has 5 aromatic rings. The van der Waals surface area contributed by atoms with Crippen molar-refractivity contribution in [2.45, 2.75) is 26.9 Å². The van der Waals surface area contributed by atoms with Crippen LogP contribution >= 0.6 is 11.6 Å². The van der Waals surface area contributed by atoms with Crippen LogP contribution in [0.15, 0.2) is 61.4 Å². The summed E-state index contributed by atoms with van der Waals surface area (Å²) in [6.45, 7) is 5.69. The molecule has 4 aromatic heterocycles. The fourth-order valence-corrected chi connectivity index (χ4v) is 3.81. The van der Waals surface area contributed by atoms with Crippen LogP contribution in [0.4, 0.5) is 18.9 Å². The smallest absolute Gasteiger partial charge is 0.320 e. The Hall–Kier alpha value is -4.32. The highest BCUT2D eigenvalue weighted by molar-refractivity contribution is 6.32. The Labute approximate surface area is 213 Å². The molecular formula is C24H20ClF3N8O. The molecule has 4 heterocycles. The molecule has 0 aliphatic carbocycles. The summed E-state index contributed by atoms with van der Waals surface area (Å²) in [5, 5.41) is 11.6. The van der Waals surface area contributed by atoms with E-state index < -0.39 is 23.3 Å². The third-order valence-electron chi connectivity index (χ3n) is 5.06. The van der Waals surface area contributed by atoms with Crippen LogP contribution in [-0.2, 0) is 6.18 Å². The molecule has 37 heavy (non-hydrogen) atoms. The van der Waals surface area contributed by atoms with E-state index in [-0.39, 0.29) is 22.2 Å². The molecule has 0 radical (unpaired) electrons. The van der Waals surface area contributed by atoms with Crippen LogP contribution in [0.2, 0.25) is 5.02 Å². The van der Waals surface area contributed by atoms with E-state index in [1.54, 1.807) is 31.2 Å². The Morgan fingerprint density at radius 3 is 2.49 bits per heavy atom. The van der Waals surface area contributed by atoms with Gasteiger partial charge >= 0.3 is 6.18 Å². The Morgan fingerprint density at radius 2 is 1.81 bits per heavy atom. The van der Waals surface area contributed by atoms with Crippen LogP contribution in [0.5, 0.6) is 0 Å². The molecule has 0 bridgehead atoms. The maximum atomic E-state index is 14.1. The topological polar surface area (TPSA) is 103 Å². The summed E-state index contributed by atoms with van der Waals surface area (Å²) in [7, 11) is 0. The second-order valence-corrected chi connectivity index (χ2v) is 7.82. The first-order valence-corrected chi connectivity index (χ1v) is 11.4. The number of anilines is 1. The fourth-order valence-electron chi connectivity index (χ4n) is 3.55. The molecule has 0 spiro atoms. The number of carbonyl (C=O) groups excluding carboxylic acids is 1. The Balaban J connectivity index is 0.00000156. The van der Waals surface area contributed by atoms with Gasteiger partial charge in [0, 0.05) is 17.0 Å². The largest absolute Gasteiger partial charge is 0.434 e. The molecule has 0 unspecified atom stereocenters. The van der Waals surface area contributed by atoms with Gasteiger partial charge in [0.05, 0.1) is 40.6 Å². The van der Waals surface area contributed by atoms with Crippen LogP contribution in [0.1, 0.15) is 35.7 Å². The molecule has 1 amide bonds. The molecule has 0 saturated carbocycles. The molecule has 190 valence electrons. The van der Waals surface area contributed by atoms with Crippen LogP contribution in [0, 0.1) is 6.92 Å². The summed E-state index contributed by atoms with van der Waals surface area (Å²) < 4.78 is 44.4. The molecule has 9 nitrogen and oxygen atoms in total. The van der Waals surface area contributed by atoms with Gasteiger partial charge in [-0.05, 0) is 13.0 Å². The number of aryl methyl sites for hydroxylation is 1. The molecule has 0 saturated heterocycles. The second kappa shape index (κ2) is 10.3. The standard InChI is InChI=1S/C22H14ClF3N8O.C2H6/c1-12-29-11-33(32-12)20-17(23)6-14(8-28-20)31-21(35)16-9-30-34(19(16)22(24,25)26)18-10-27-7-13-4-2-3-5-15(13)18;1-2/h2-11H,1H3,(H,31,35);1-2H3. The number of fused-ring (bicyclic) bond motifs is 1. The van der Waals surface area contributed by atoms with Gasteiger partial charge in [-0.1, -0.05) is 49.7 Å². The van der Waals surface area contributed by atoms with Gasteiger partial charge in [-0.3, -0.25) is 9.78 Å². The van der Waals surface area contributed by atoms with Gasteiger partial charge in [-0.2, -0.15) is 23.4 Å². The molecule has 0 fully saturated rings. The van der Waals surface area contributed by atoms with Crippen LogP contribution < -0.4 is 5.32 Å². The molecule has 0 aliphatic heterocycles. The zero-order chi connectivity index (χ0) is 26.7. The lowest BCUT2D eigenvalue weighted by molar-refractivity contribution is -0.143. The van der Waals surface area contributed by atoms with Gasteiger partial charge in [0.1, 0.15) is 12.2 Å². The van der Waals surface area contributed by atoms with Gasteiger partial charge in [-0.25, -0.2) is 19.3 Å². The van der Waals surface area contributed by atoms with Crippen molar-refractivity contribution >= 4 is 34.0 Å². The quantitative estimate of drug-likeness (QED) is 0.323. The van der Waals surface area contributed by atoms with E-state index in [9.17, 15) is 18.0 Å². The lowest BCUT2D eigenvalue weighted by Gasteiger charge is -2.14. The van der Waals surface area contributed by atoms with Crippen molar-refractivity contribution in [3.05, 3.63) is 83.6 Å². The van der Waals surface area contributed by atoms with E-state index in [0.717, 1.165) is 6.20 Å². The minimum absolute atomic E-state index is 0.0895. The third-order valence-corrected chi connectivity index (χ3v) is 5.34. The van der Waals surface area contributed by atoms with E-state index in [1.165, 1.54) is 35.7 Å². The van der Waals surface area contributed by atoms with Crippen molar-refractivity contribution in [2.75, 3.05) is 5.32 Å². The van der Waals surface area contributed by atoms with Gasteiger partial charge < -0.3 is 5.32 Å². The lowest BCUT2D eigenvalue weighted by Crippen LogP contribution is -2.21. The average molecular weight is 529 g/mol. The maximum Gasteiger partial charge on any atom is 0.434 e. The van der Waals surface area contributed by atoms with Crippen LogP contribution in [-0.4, -0.2) is 40.4 Å². The van der Waals surface area contributed by atoms with E-state index in [2.05, 4.69) is 30.5 Å². The Morgan fingerprint density at radius 1 is 1.05 bits per heavy atom. The number of pyridine rings is 2. The Bertz CT molecular complexity index is 1570. The minimum atomic E-state index is -4.88. The second-order valence-electron chi connectivity index (χ2n) is 7.42. The van der Waals surface area contributed by atoms with Gasteiger partial charge in [0.2, 0.25) is 0 Å². The van der Waals surface area contributed by atoms with E-state index >= 15 is 0 Å². The molecule has 0 aliphatic rings. The van der Waals surface area contributed by atoms with Crippen molar-refractivity contribution in [1.82, 2.24) is 34.5 Å². The zero-order valence-corrected chi connectivity index (χ0v) is 20.6. The summed E-state index contributed by atoms with van der Waals surface area (Å²) in [5.74, 6) is -0.283. The van der Waals surface area contributed by atoms with Crippen LogP contribution in [0.25, 0.3) is 22.3 Å². The number of alkyl halides is 3. The van der Waals surface area contributed by atoms with E-state index in [1.807, 2.05) is 13.8 Å². The number of rotatable bonds is 4. The fraction of sp³-hybridized carbons (Fsp3) is 0.167. The zero-order valence-electron chi connectivity index (χ0n) is 19.8. The molecule has 5 rings (SSSR count). The third kappa shape index (κ3) is 5.14. The number of hydrogen-bond donors (Lipinski definition) is 1. The summed E-state index contributed by atoms with van der Waals surface area (Å²) >= 11 is 6.24. The predicted octanol–water partition coefficient (Wildman–Crippen LogP) is 5.66. The highest BCUT2D eigenvalue weighted by Crippen LogP contribution is 2.35. The highest BCUT2D eigenvalue weighted by Gasteiger charge is 2.41. The van der Waals surface area contributed by atoms with Crippen molar-refractivity contribution in [3.8, 4) is 11.5 Å². The van der Waals surface area contributed by atoms with Crippen LogP contribution in [0.3, 0.4) is 0 Å². The first-order valence-electron chi connectivity index (χ1n) is 11.1. The van der Waals surface area contributed by atoms with Crippen molar-refractivity contribution < 1.29 is 18.0 Å². The van der Waals surface area contributed by atoms with Crippen molar-refractivity contribution in [2.24, 2.45) is 0 Å². The first kappa shape index (κ1) is 25.8. The predicted molar refractivity (Wildman–Crippen MR) is 132 cm³/mol. The summed E-state index contributed by atoms with van der Waals surface area (Å²) in [6, 6.07) is 8.16. The van der Waals surface area contributed by atoms with Gasteiger partial charge in [0.15, 0.2) is 11.5 Å². The number of carbonyl (C=O) groups is 1. The number of aromatic nitrogens is 7. The molecule has 0 atom stereocenters. The number of hydrogen-bond acceptors (Lipinski definition) is 6. The average Bonchev–Trinajstić information content (AvgIpc) is 3.52. The normalized spacial score (nSPS) is 11.2. The number of halogens is 4. The molecular weight excluding hydrogens is 509 g/mol. The molecule has 1 N–H and O–H groups in total. The lowest BCUT2D eigenvalue weighted by atomic mass is 10.1. The monoisotopic (exact) mass is 528 g/mol. The van der Waals surface area contributed by atoms with Crippen molar-refractivity contribution in [1.29, 1.82) is 0 Å². The number of benzene rings is 1. The van der Waals surface area contributed by atoms with E-state index in [4.69, 9.17) is 11.6 Å². The molecule has 1 aromatic carbocycles. The Kier molecular flexibility index (Phi) is 7.21. The van der Waals surface area contributed by atoms with Gasteiger partial charge in [0.25, 0.3) is 5.91 Å². The maximum absolute atomic E-state index is 14.1. The first-order chi connectivity index (χ1) is 17.7. The summed E-state index contributed by atoms with van der Waals surface area (Å²) in [6.07, 6.45) is 1.44. The SMILES string of the molecule is CC.Cc1ncn(-c2ncc(NC(=O)c3cnn(-c4cncc5ccccc45)c3C(F)(F)F)cc2Cl)n1. The summed E-state index contributed by atoms with van der Waals surface area (Å²) in [5.41, 5.74) is -1.72. The van der Waals surface area contributed by atoms with Gasteiger partial charge in [-0.15, -0.1) is 0 Å². The highest BCUT2D eigenvalue weighted by atomic mass is 35.5. The minimum Gasteiger partial charge on any atom is -0.320 e. The van der Waals surface area contributed by atoms with Crippen molar-refractivity contribution in [3.63, 3.8) is 0 Å².